The van der Waals surface area contributed by atoms with E-state index in [-0.39, 0.29) is 11.6 Å². The monoisotopic (exact) mass is 305 g/mol. The quantitative estimate of drug-likeness (QED) is 0.889. The first-order valence-corrected chi connectivity index (χ1v) is 7.18. The molecule has 110 valence electrons. The molecule has 2 aromatic rings. The fraction of sp³-hybridized carbons (Fsp3) is 0.214. The van der Waals surface area contributed by atoms with Crippen molar-refractivity contribution in [2.45, 2.75) is 6.42 Å². The second kappa shape index (κ2) is 6.85. The molecule has 0 bridgehead atoms. The number of anilines is 1. The van der Waals surface area contributed by atoms with Crippen molar-refractivity contribution in [1.82, 2.24) is 9.88 Å². The number of amides is 2. The van der Waals surface area contributed by atoms with Crippen LogP contribution in [0.4, 0.5) is 9.80 Å². The van der Waals surface area contributed by atoms with Gasteiger partial charge in [0.2, 0.25) is 0 Å². The highest BCUT2D eigenvalue weighted by Crippen LogP contribution is 2.23. The van der Waals surface area contributed by atoms with Gasteiger partial charge >= 0.3 is 12.0 Å². The van der Waals surface area contributed by atoms with Crippen LogP contribution in [-0.4, -0.2) is 40.6 Å². The third-order valence-electron chi connectivity index (χ3n) is 2.89. The minimum atomic E-state index is -1.05. The highest BCUT2D eigenvalue weighted by atomic mass is 32.1. The van der Waals surface area contributed by atoms with Crippen molar-refractivity contribution >= 4 is 28.3 Å². The van der Waals surface area contributed by atoms with Crippen molar-refractivity contribution in [3.05, 3.63) is 47.1 Å². The number of likely N-dealkylation sites (N-methyl/N-ethyl adjacent to an activating group) is 1. The topological polar surface area (TPSA) is 82.5 Å². The molecular formula is C14H15N3O3S. The summed E-state index contributed by atoms with van der Waals surface area (Å²) in [5.41, 5.74) is 1.01. The highest BCUT2D eigenvalue weighted by Gasteiger charge is 2.16. The summed E-state index contributed by atoms with van der Waals surface area (Å²) in [6.07, 6.45) is 2.35. The van der Waals surface area contributed by atoms with Crippen LogP contribution >= 0.6 is 11.3 Å². The van der Waals surface area contributed by atoms with Gasteiger partial charge in [0.05, 0.1) is 5.56 Å². The van der Waals surface area contributed by atoms with Crippen LogP contribution in [0.15, 0.2) is 35.8 Å². The van der Waals surface area contributed by atoms with E-state index in [0.29, 0.717) is 18.0 Å². The van der Waals surface area contributed by atoms with Crippen LogP contribution < -0.4 is 5.32 Å². The molecule has 0 radical (unpaired) electrons. The first kappa shape index (κ1) is 15.0. The zero-order chi connectivity index (χ0) is 15.2. The van der Waals surface area contributed by atoms with Gasteiger partial charge in [-0.25, -0.2) is 9.59 Å². The normalized spacial score (nSPS) is 10.1. The number of carbonyl (C=O) groups is 2. The summed E-state index contributed by atoms with van der Waals surface area (Å²) in [7, 11) is 1.66. The number of rotatable bonds is 5. The van der Waals surface area contributed by atoms with Gasteiger partial charge in [-0.15, -0.1) is 11.3 Å². The van der Waals surface area contributed by atoms with E-state index in [1.54, 1.807) is 18.6 Å². The van der Waals surface area contributed by atoms with E-state index in [0.717, 1.165) is 5.69 Å². The Balaban J connectivity index is 1.90. The summed E-state index contributed by atoms with van der Waals surface area (Å²) in [5, 5.41) is 13.6. The fourth-order valence-electron chi connectivity index (χ4n) is 1.70. The summed E-state index contributed by atoms with van der Waals surface area (Å²) in [4.78, 5) is 28.7. The maximum Gasteiger partial charge on any atom is 0.338 e. The molecule has 2 amide bonds. The molecule has 0 atom stereocenters. The minimum absolute atomic E-state index is 0.103. The van der Waals surface area contributed by atoms with Crippen molar-refractivity contribution in [2.75, 3.05) is 18.9 Å². The molecule has 0 saturated heterocycles. The van der Waals surface area contributed by atoms with Gasteiger partial charge in [-0.05, 0) is 23.6 Å². The van der Waals surface area contributed by atoms with Crippen LogP contribution in [0.2, 0.25) is 0 Å². The van der Waals surface area contributed by atoms with Gasteiger partial charge < -0.3 is 10.0 Å². The molecule has 0 spiro atoms. The molecule has 0 aliphatic heterocycles. The first-order valence-electron chi connectivity index (χ1n) is 6.30. The van der Waals surface area contributed by atoms with Crippen LogP contribution in [0.5, 0.6) is 0 Å². The predicted molar refractivity (Wildman–Crippen MR) is 80.9 cm³/mol. The Kier molecular flexibility index (Phi) is 4.89. The number of hydrogen-bond donors (Lipinski definition) is 2. The van der Waals surface area contributed by atoms with Crippen LogP contribution in [0.1, 0.15) is 16.1 Å². The predicted octanol–water partition coefficient (Wildman–Crippen LogP) is 2.55. The standard InChI is InChI=1S/C14H15N3O3S/c1-17(8-5-10-4-2-3-7-15-10)14(20)16-12-11(13(18)19)6-9-21-12/h2-4,6-7,9H,5,8H2,1H3,(H,16,20)(H,18,19). The Labute approximate surface area is 126 Å². The van der Waals surface area contributed by atoms with Crippen LogP contribution in [0.25, 0.3) is 0 Å². The number of nitrogens with one attached hydrogen (secondary N) is 1. The van der Waals surface area contributed by atoms with E-state index < -0.39 is 5.97 Å². The summed E-state index contributed by atoms with van der Waals surface area (Å²) in [6.45, 7) is 0.497. The van der Waals surface area contributed by atoms with E-state index in [2.05, 4.69) is 10.3 Å². The minimum Gasteiger partial charge on any atom is -0.478 e. The number of carboxylic acid groups (broad SMARTS) is 1. The van der Waals surface area contributed by atoms with E-state index in [9.17, 15) is 9.59 Å². The maximum absolute atomic E-state index is 12.0. The number of pyridine rings is 1. The van der Waals surface area contributed by atoms with E-state index in [1.165, 1.54) is 22.3 Å². The van der Waals surface area contributed by atoms with E-state index in [1.807, 2.05) is 18.2 Å². The zero-order valence-electron chi connectivity index (χ0n) is 11.4. The number of hydrogen-bond acceptors (Lipinski definition) is 4. The fourth-order valence-corrected chi connectivity index (χ4v) is 2.47. The Bertz CT molecular complexity index is 627. The Morgan fingerprint density at radius 2 is 2.19 bits per heavy atom. The zero-order valence-corrected chi connectivity index (χ0v) is 12.3. The lowest BCUT2D eigenvalue weighted by molar-refractivity contribution is 0.0698. The number of nitrogens with zero attached hydrogens (tertiary/aromatic N) is 2. The Morgan fingerprint density at radius 1 is 1.38 bits per heavy atom. The van der Waals surface area contributed by atoms with Gasteiger partial charge in [0.15, 0.2) is 0 Å². The molecule has 0 unspecified atom stereocenters. The average Bonchev–Trinajstić information content (AvgIpc) is 2.94. The van der Waals surface area contributed by atoms with Crippen molar-refractivity contribution in [1.29, 1.82) is 0 Å². The van der Waals surface area contributed by atoms with Gasteiger partial charge in [0, 0.05) is 31.9 Å². The molecule has 2 heterocycles. The lowest BCUT2D eigenvalue weighted by Gasteiger charge is -2.17. The summed E-state index contributed by atoms with van der Waals surface area (Å²) in [6, 6.07) is 6.76. The third kappa shape index (κ3) is 4.03. The molecule has 21 heavy (non-hydrogen) atoms. The number of aromatic nitrogens is 1. The molecule has 0 fully saturated rings. The van der Waals surface area contributed by atoms with Gasteiger partial charge in [-0.2, -0.15) is 0 Å². The molecule has 6 nitrogen and oxygen atoms in total. The molecule has 2 rings (SSSR count). The number of urea groups is 1. The van der Waals surface area contributed by atoms with Gasteiger partial charge in [0.1, 0.15) is 5.00 Å². The Hall–Kier alpha value is -2.41. The van der Waals surface area contributed by atoms with Crippen LogP contribution in [-0.2, 0) is 6.42 Å². The number of aromatic carboxylic acids is 1. The van der Waals surface area contributed by atoms with Crippen molar-refractivity contribution < 1.29 is 14.7 Å². The highest BCUT2D eigenvalue weighted by molar-refractivity contribution is 7.14. The maximum atomic E-state index is 12.0. The molecule has 0 aromatic carbocycles. The van der Waals surface area contributed by atoms with Crippen LogP contribution in [0, 0.1) is 0 Å². The second-order valence-corrected chi connectivity index (χ2v) is 5.31. The third-order valence-corrected chi connectivity index (χ3v) is 3.72. The molecule has 2 aromatic heterocycles. The second-order valence-electron chi connectivity index (χ2n) is 4.39. The molecule has 0 aliphatic rings. The van der Waals surface area contributed by atoms with E-state index in [4.69, 9.17) is 5.11 Å². The van der Waals surface area contributed by atoms with Crippen LogP contribution in [0.3, 0.4) is 0 Å². The average molecular weight is 305 g/mol. The summed E-state index contributed by atoms with van der Waals surface area (Å²) < 4.78 is 0. The largest absolute Gasteiger partial charge is 0.478 e. The molecule has 7 heteroatoms. The van der Waals surface area contributed by atoms with Gasteiger partial charge in [-0.3, -0.25) is 10.3 Å². The lowest BCUT2D eigenvalue weighted by Crippen LogP contribution is -2.33. The Morgan fingerprint density at radius 3 is 2.86 bits per heavy atom. The van der Waals surface area contributed by atoms with Gasteiger partial charge in [0.25, 0.3) is 0 Å². The molecule has 0 saturated carbocycles. The first-order chi connectivity index (χ1) is 10.1. The smallest absolute Gasteiger partial charge is 0.338 e. The van der Waals surface area contributed by atoms with E-state index >= 15 is 0 Å². The van der Waals surface area contributed by atoms with Crippen molar-refractivity contribution in [2.24, 2.45) is 0 Å². The molecule has 0 aliphatic carbocycles. The SMILES string of the molecule is CN(CCc1ccccn1)C(=O)Nc1sccc1C(=O)O. The summed E-state index contributed by atoms with van der Waals surface area (Å²) >= 11 is 1.19. The molecule has 2 N–H and O–H groups in total. The summed E-state index contributed by atoms with van der Waals surface area (Å²) in [5.74, 6) is -1.05. The number of carboxylic acids is 1. The lowest BCUT2D eigenvalue weighted by atomic mass is 10.2. The van der Waals surface area contributed by atoms with Crippen molar-refractivity contribution in [3.63, 3.8) is 0 Å². The molecular weight excluding hydrogens is 290 g/mol. The number of carbonyl (C=O) groups excluding carboxylic acids is 1. The van der Waals surface area contributed by atoms with Gasteiger partial charge in [-0.1, -0.05) is 6.07 Å². The van der Waals surface area contributed by atoms with Crippen molar-refractivity contribution in [3.8, 4) is 0 Å². The number of thiophene rings is 1.